The van der Waals surface area contributed by atoms with Crippen molar-refractivity contribution in [3.63, 3.8) is 0 Å². The Kier molecular flexibility index (Phi) is 6.70. The number of hydrogen-bond donors (Lipinski definition) is 1. The first-order valence-electron chi connectivity index (χ1n) is 8.74. The third kappa shape index (κ3) is 5.63. The van der Waals surface area contributed by atoms with E-state index in [0.29, 0.717) is 31.1 Å². The molecule has 0 saturated carbocycles. The van der Waals surface area contributed by atoms with E-state index >= 15 is 0 Å². The topological polar surface area (TPSA) is 81.7 Å². The highest BCUT2D eigenvalue weighted by Gasteiger charge is 2.29. The Morgan fingerprint density at radius 1 is 1.24 bits per heavy atom. The number of ether oxygens (including phenoxy) is 2. The summed E-state index contributed by atoms with van der Waals surface area (Å²) >= 11 is 0. The van der Waals surface area contributed by atoms with Crippen LogP contribution in [0.4, 0.5) is 0 Å². The Morgan fingerprint density at radius 2 is 1.92 bits per heavy atom. The molecule has 1 aliphatic heterocycles. The molecule has 1 amide bonds. The molecule has 140 valence electrons. The monoisotopic (exact) mass is 369 g/mol. The Labute approximate surface area is 149 Å². The normalized spacial score (nSPS) is 20.0. The Morgan fingerprint density at radius 3 is 2.52 bits per heavy atom. The van der Waals surface area contributed by atoms with E-state index in [2.05, 4.69) is 5.32 Å². The largest absolute Gasteiger partial charge is 0.490 e. The number of carbonyl (C=O) groups is 1. The standard InChI is InChI=1S/C18H27NO5S/c1-4-23-16-7-6-15(11-17(16)24-5-2)13(3)19-18(20)10-14-8-9-25(21,22)12-14/h6-7,11,13-14H,4-5,8-10,12H2,1-3H3,(H,19,20)/t13-,14-/m0/s1. The van der Waals surface area contributed by atoms with Crippen LogP contribution in [0, 0.1) is 5.92 Å². The van der Waals surface area contributed by atoms with Crippen molar-refractivity contribution in [1.82, 2.24) is 5.32 Å². The van der Waals surface area contributed by atoms with E-state index in [9.17, 15) is 13.2 Å². The van der Waals surface area contributed by atoms with Crippen molar-refractivity contribution in [2.45, 2.75) is 39.7 Å². The van der Waals surface area contributed by atoms with Gasteiger partial charge in [0.1, 0.15) is 0 Å². The zero-order valence-electron chi connectivity index (χ0n) is 15.1. The van der Waals surface area contributed by atoms with Gasteiger partial charge in [0.2, 0.25) is 5.91 Å². The molecule has 0 aromatic heterocycles. The SMILES string of the molecule is CCOc1ccc([C@H](C)NC(=O)C[C@@H]2CCS(=O)(=O)C2)cc1OCC. The minimum absolute atomic E-state index is 0.0727. The molecule has 1 aromatic rings. The Hall–Kier alpha value is -1.76. The maximum absolute atomic E-state index is 12.2. The first-order chi connectivity index (χ1) is 11.8. The number of carbonyl (C=O) groups excluding carboxylic acids is 1. The maximum atomic E-state index is 12.2. The highest BCUT2D eigenvalue weighted by atomic mass is 32.2. The zero-order chi connectivity index (χ0) is 18.4. The molecule has 1 N–H and O–H groups in total. The van der Waals surface area contributed by atoms with Gasteiger partial charge in [0.05, 0.1) is 30.8 Å². The summed E-state index contributed by atoms with van der Waals surface area (Å²) in [4.78, 5) is 12.2. The number of rotatable bonds is 8. The van der Waals surface area contributed by atoms with Crippen LogP contribution < -0.4 is 14.8 Å². The van der Waals surface area contributed by atoms with Gasteiger partial charge in [-0.15, -0.1) is 0 Å². The summed E-state index contributed by atoms with van der Waals surface area (Å²) in [6, 6.07) is 5.42. The first-order valence-corrected chi connectivity index (χ1v) is 10.6. The molecule has 0 radical (unpaired) electrons. The molecule has 1 aromatic carbocycles. The fraction of sp³-hybridized carbons (Fsp3) is 0.611. The second-order valence-electron chi connectivity index (χ2n) is 6.33. The molecule has 1 saturated heterocycles. The predicted octanol–water partition coefficient (Wildman–Crippen LogP) is 2.49. The number of hydrogen-bond acceptors (Lipinski definition) is 5. The van der Waals surface area contributed by atoms with Crippen LogP contribution in [0.15, 0.2) is 18.2 Å². The van der Waals surface area contributed by atoms with Crippen molar-refractivity contribution in [2.24, 2.45) is 5.92 Å². The highest BCUT2D eigenvalue weighted by Crippen LogP contribution is 2.31. The Balaban J connectivity index is 1.98. The van der Waals surface area contributed by atoms with E-state index in [1.54, 1.807) is 0 Å². The molecule has 0 spiro atoms. The van der Waals surface area contributed by atoms with Crippen LogP contribution >= 0.6 is 0 Å². The molecule has 0 bridgehead atoms. The summed E-state index contributed by atoms with van der Waals surface area (Å²) in [5, 5.41) is 2.94. The second kappa shape index (κ2) is 8.56. The molecule has 2 atom stereocenters. The number of amides is 1. The van der Waals surface area contributed by atoms with Crippen LogP contribution in [0.3, 0.4) is 0 Å². The minimum Gasteiger partial charge on any atom is -0.490 e. The van der Waals surface area contributed by atoms with Crippen molar-refractivity contribution in [3.8, 4) is 11.5 Å². The van der Waals surface area contributed by atoms with Crippen molar-refractivity contribution < 1.29 is 22.7 Å². The van der Waals surface area contributed by atoms with Gasteiger partial charge in [-0.25, -0.2) is 8.42 Å². The van der Waals surface area contributed by atoms with Gasteiger partial charge in [-0.1, -0.05) is 6.07 Å². The second-order valence-corrected chi connectivity index (χ2v) is 8.56. The van der Waals surface area contributed by atoms with E-state index in [0.717, 1.165) is 5.56 Å². The Bertz CT molecular complexity index is 701. The summed E-state index contributed by atoms with van der Waals surface area (Å²) in [5.74, 6) is 1.45. The van der Waals surface area contributed by atoms with Gasteiger partial charge < -0.3 is 14.8 Å². The van der Waals surface area contributed by atoms with E-state index < -0.39 is 9.84 Å². The average molecular weight is 369 g/mol. The van der Waals surface area contributed by atoms with Gasteiger partial charge in [-0.2, -0.15) is 0 Å². The lowest BCUT2D eigenvalue weighted by Gasteiger charge is -2.18. The van der Waals surface area contributed by atoms with E-state index in [-0.39, 0.29) is 35.8 Å². The fourth-order valence-corrected chi connectivity index (χ4v) is 4.88. The van der Waals surface area contributed by atoms with Crippen LogP contribution in [-0.4, -0.2) is 39.0 Å². The summed E-state index contributed by atoms with van der Waals surface area (Å²) in [7, 11) is -2.95. The van der Waals surface area contributed by atoms with Crippen LogP contribution in [-0.2, 0) is 14.6 Å². The lowest BCUT2D eigenvalue weighted by Crippen LogP contribution is -2.28. The van der Waals surface area contributed by atoms with Crippen LogP contribution in [0.5, 0.6) is 11.5 Å². The van der Waals surface area contributed by atoms with Crippen LogP contribution in [0.2, 0.25) is 0 Å². The molecule has 0 aliphatic carbocycles. The fourth-order valence-electron chi connectivity index (χ4n) is 3.02. The third-order valence-electron chi connectivity index (χ3n) is 4.25. The van der Waals surface area contributed by atoms with Crippen LogP contribution in [0.25, 0.3) is 0 Å². The molecule has 1 aliphatic rings. The van der Waals surface area contributed by atoms with E-state index in [1.807, 2.05) is 39.0 Å². The molecule has 25 heavy (non-hydrogen) atoms. The van der Waals surface area contributed by atoms with Crippen molar-refractivity contribution in [2.75, 3.05) is 24.7 Å². The minimum atomic E-state index is -2.95. The average Bonchev–Trinajstić information content (AvgIpc) is 2.87. The molecule has 1 fully saturated rings. The number of nitrogens with one attached hydrogen (secondary N) is 1. The smallest absolute Gasteiger partial charge is 0.220 e. The van der Waals surface area contributed by atoms with Crippen molar-refractivity contribution in [3.05, 3.63) is 23.8 Å². The van der Waals surface area contributed by atoms with Gasteiger partial charge >= 0.3 is 0 Å². The third-order valence-corrected chi connectivity index (χ3v) is 6.08. The predicted molar refractivity (Wildman–Crippen MR) is 96.7 cm³/mol. The summed E-state index contributed by atoms with van der Waals surface area (Å²) in [6.45, 7) is 6.80. The van der Waals surface area contributed by atoms with Gasteiger partial charge in [0.25, 0.3) is 0 Å². The molecule has 0 unspecified atom stereocenters. The zero-order valence-corrected chi connectivity index (χ0v) is 15.9. The van der Waals surface area contributed by atoms with Gasteiger partial charge in [0, 0.05) is 6.42 Å². The number of benzene rings is 1. The van der Waals surface area contributed by atoms with E-state index in [1.165, 1.54) is 0 Å². The molecular formula is C18H27NO5S. The molecule has 2 rings (SSSR count). The van der Waals surface area contributed by atoms with Crippen LogP contribution in [0.1, 0.15) is 45.2 Å². The van der Waals surface area contributed by atoms with Crippen molar-refractivity contribution >= 4 is 15.7 Å². The molecule has 6 nitrogen and oxygen atoms in total. The summed E-state index contributed by atoms with van der Waals surface area (Å²) in [5.41, 5.74) is 0.916. The lowest BCUT2D eigenvalue weighted by molar-refractivity contribution is -0.122. The summed E-state index contributed by atoms with van der Waals surface area (Å²) in [6.07, 6.45) is 0.820. The van der Waals surface area contributed by atoms with Gasteiger partial charge in [-0.3, -0.25) is 4.79 Å². The molecular weight excluding hydrogens is 342 g/mol. The van der Waals surface area contributed by atoms with Crippen molar-refractivity contribution in [1.29, 1.82) is 0 Å². The molecule has 1 heterocycles. The maximum Gasteiger partial charge on any atom is 0.220 e. The van der Waals surface area contributed by atoms with Gasteiger partial charge in [-0.05, 0) is 50.8 Å². The first kappa shape index (κ1) is 19.6. The van der Waals surface area contributed by atoms with Gasteiger partial charge in [0.15, 0.2) is 21.3 Å². The molecule has 7 heteroatoms. The number of sulfone groups is 1. The quantitative estimate of drug-likeness (QED) is 0.761. The lowest BCUT2D eigenvalue weighted by atomic mass is 10.0. The van der Waals surface area contributed by atoms with E-state index in [4.69, 9.17) is 9.47 Å². The summed E-state index contributed by atoms with van der Waals surface area (Å²) < 4.78 is 34.1. The highest BCUT2D eigenvalue weighted by molar-refractivity contribution is 7.91.